The van der Waals surface area contributed by atoms with Crippen LogP contribution in [0.4, 0.5) is 0 Å². The van der Waals surface area contributed by atoms with Gasteiger partial charge in [-0.3, -0.25) is 0 Å². The third kappa shape index (κ3) is 3.16. The molecule has 0 saturated carbocycles. The van der Waals surface area contributed by atoms with E-state index in [2.05, 4.69) is 9.97 Å². The third-order valence-corrected chi connectivity index (χ3v) is 2.32. The van der Waals surface area contributed by atoms with Crippen molar-refractivity contribution in [2.24, 2.45) is 11.7 Å². The molecule has 1 rings (SSSR count). The Morgan fingerprint density at radius 2 is 2.07 bits per heavy atom. The molecule has 3 N–H and O–H groups in total. The Balaban J connectivity index is 2.90. The molecule has 1 atom stereocenters. The highest BCUT2D eigenvalue weighted by Crippen LogP contribution is 2.19. The summed E-state index contributed by atoms with van der Waals surface area (Å²) in [5.41, 5.74) is 6.24. The van der Waals surface area contributed by atoms with Crippen molar-refractivity contribution >= 4 is 0 Å². The fourth-order valence-electron chi connectivity index (χ4n) is 1.27. The number of hydrogen-bond donors (Lipinski definition) is 2. The molecule has 4 heteroatoms. The first kappa shape index (κ1) is 11.9. The fourth-order valence-corrected chi connectivity index (χ4v) is 1.27. The Labute approximate surface area is 90.6 Å². The molecule has 0 amide bonds. The van der Waals surface area contributed by atoms with Gasteiger partial charge in [0, 0.05) is 5.92 Å². The lowest BCUT2D eigenvalue weighted by Gasteiger charge is -2.11. The van der Waals surface area contributed by atoms with E-state index < -0.39 is 0 Å². The maximum absolute atomic E-state index is 9.60. The van der Waals surface area contributed by atoms with Crippen LogP contribution in [0, 0.1) is 5.92 Å². The molecule has 0 saturated heterocycles. The summed E-state index contributed by atoms with van der Waals surface area (Å²) in [4.78, 5) is 8.42. The predicted octanol–water partition coefficient (Wildman–Crippen LogP) is 1.44. The minimum atomic E-state index is 0.166. The van der Waals surface area contributed by atoms with E-state index in [0.717, 1.165) is 5.82 Å². The first-order valence-corrected chi connectivity index (χ1v) is 5.29. The molecule has 1 heterocycles. The van der Waals surface area contributed by atoms with Crippen molar-refractivity contribution in [3.63, 3.8) is 0 Å². The van der Waals surface area contributed by atoms with E-state index in [-0.39, 0.29) is 11.7 Å². The molecule has 0 bridgehead atoms. The lowest BCUT2D eigenvalue weighted by atomic mass is 10.1. The zero-order valence-corrected chi connectivity index (χ0v) is 9.57. The average Bonchev–Trinajstić information content (AvgIpc) is 2.20. The van der Waals surface area contributed by atoms with E-state index in [0.29, 0.717) is 24.6 Å². The van der Waals surface area contributed by atoms with Gasteiger partial charge in [-0.15, -0.1) is 0 Å². The number of hydrogen-bond acceptors (Lipinski definition) is 4. The van der Waals surface area contributed by atoms with E-state index >= 15 is 0 Å². The predicted molar refractivity (Wildman–Crippen MR) is 59.7 cm³/mol. The van der Waals surface area contributed by atoms with Crippen molar-refractivity contribution in [1.82, 2.24) is 9.97 Å². The summed E-state index contributed by atoms with van der Waals surface area (Å²) < 4.78 is 0. The molecule has 84 valence electrons. The highest BCUT2D eigenvalue weighted by molar-refractivity contribution is 5.23. The van der Waals surface area contributed by atoms with Crippen LogP contribution >= 0.6 is 0 Å². The van der Waals surface area contributed by atoms with Gasteiger partial charge in [-0.25, -0.2) is 9.97 Å². The van der Waals surface area contributed by atoms with Crippen LogP contribution in [0.15, 0.2) is 6.20 Å². The fraction of sp³-hybridized carbons (Fsp3) is 0.636. The largest absolute Gasteiger partial charge is 0.504 e. The van der Waals surface area contributed by atoms with Crippen LogP contribution in [0.3, 0.4) is 0 Å². The van der Waals surface area contributed by atoms with Crippen molar-refractivity contribution in [2.75, 3.05) is 6.54 Å². The van der Waals surface area contributed by atoms with Gasteiger partial charge in [-0.1, -0.05) is 20.8 Å². The van der Waals surface area contributed by atoms with Crippen LogP contribution in [-0.4, -0.2) is 21.6 Å². The monoisotopic (exact) mass is 209 g/mol. The second kappa shape index (κ2) is 5.07. The summed E-state index contributed by atoms with van der Waals surface area (Å²) in [7, 11) is 0. The van der Waals surface area contributed by atoms with Crippen LogP contribution < -0.4 is 5.73 Å². The van der Waals surface area contributed by atoms with Gasteiger partial charge in [0.1, 0.15) is 5.82 Å². The van der Waals surface area contributed by atoms with Crippen LogP contribution in [-0.2, 0) is 6.42 Å². The Morgan fingerprint density at radius 1 is 1.40 bits per heavy atom. The normalized spacial score (nSPS) is 13.1. The lowest BCUT2D eigenvalue weighted by Crippen LogP contribution is -2.14. The van der Waals surface area contributed by atoms with Gasteiger partial charge >= 0.3 is 0 Å². The van der Waals surface area contributed by atoms with Gasteiger partial charge in [-0.2, -0.15) is 0 Å². The van der Waals surface area contributed by atoms with Crippen molar-refractivity contribution in [3.8, 4) is 5.75 Å². The van der Waals surface area contributed by atoms with Crippen LogP contribution in [0.1, 0.15) is 38.2 Å². The number of rotatable bonds is 4. The summed E-state index contributed by atoms with van der Waals surface area (Å²) in [6.45, 7) is 6.70. The lowest BCUT2D eigenvalue weighted by molar-refractivity contribution is 0.448. The van der Waals surface area contributed by atoms with Gasteiger partial charge in [0.2, 0.25) is 0 Å². The van der Waals surface area contributed by atoms with Gasteiger partial charge < -0.3 is 10.8 Å². The summed E-state index contributed by atoms with van der Waals surface area (Å²) in [6, 6.07) is 0. The Bertz CT molecular complexity index is 326. The molecule has 0 spiro atoms. The molecule has 1 aromatic rings. The van der Waals surface area contributed by atoms with E-state index in [1.165, 1.54) is 6.20 Å². The molecular weight excluding hydrogens is 190 g/mol. The van der Waals surface area contributed by atoms with Gasteiger partial charge in [0.05, 0.1) is 11.9 Å². The molecule has 0 aliphatic rings. The minimum absolute atomic E-state index is 0.166. The Kier molecular flexibility index (Phi) is 4.03. The standard InChI is InChI=1S/C11H19N3O/c1-7(2)11-13-6-10(15)9(14-11)4-8(3)5-12/h6-8,15H,4-5,12H2,1-3H3. The molecular formula is C11H19N3O. The number of aromatic nitrogens is 2. The van der Waals surface area contributed by atoms with Crippen molar-refractivity contribution in [1.29, 1.82) is 0 Å². The SMILES string of the molecule is CC(CN)Cc1nc(C(C)C)ncc1O. The first-order valence-electron chi connectivity index (χ1n) is 5.29. The van der Waals surface area contributed by atoms with Crippen LogP contribution in [0.25, 0.3) is 0 Å². The highest BCUT2D eigenvalue weighted by Gasteiger charge is 2.11. The van der Waals surface area contributed by atoms with E-state index in [1.807, 2.05) is 20.8 Å². The van der Waals surface area contributed by atoms with Gasteiger partial charge in [0.15, 0.2) is 5.75 Å². The maximum Gasteiger partial charge on any atom is 0.155 e. The Morgan fingerprint density at radius 3 is 2.60 bits per heavy atom. The first-order chi connectivity index (χ1) is 7.04. The molecule has 15 heavy (non-hydrogen) atoms. The minimum Gasteiger partial charge on any atom is -0.504 e. The molecule has 0 radical (unpaired) electrons. The zero-order valence-electron chi connectivity index (χ0n) is 9.57. The smallest absolute Gasteiger partial charge is 0.155 e. The maximum atomic E-state index is 9.60. The molecule has 1 aromatic heterocycles. The number of nitrogens with two attached hydrogens (primary N) is 1. The molecule has 0 aliphatic carbocycles. The average molecular weight is 209 g/mol. The van der Waals surface area contributed by atoms with Crippen molar-refractivity contribution in [2.45, 2.75) is 33.1 Å². The van der Waals surface area contributed by atoms with Crippen LogP contribution in [0.2, 0.25) is 0 Å². The zero-order chi connectivity index (χ0) is 11.4. The Hall–Kier alpha value is -1.16. The summed E-state index contributed by atoms with van der Waals surface area (Å²) in [5, 5.41) is 9.60. The molecule has 1 unspecified atom stereocenters. The molecule has 0 fully saturated rings. The molecule has 0 aliphatic heterocycles. The molecule has 4 nitrogen and oxygen atoms in total. The van der Waals surface area contributed by atoms with Gasteiger partial charge in [-0.05, 0) is 18.9 Å². The van der Waals surface area contributed by atoms with Crippen LogP contribution in [0.5, 0.6) is 5.75 Å². The number of nitrogens with zero attached hydrogens (tertiary/aromatic N) is 2. The highest BCUT2D eigenvalue weighted by atomic mass is 16.3. The summed E-state index contributed by atoms with van der Waals surface area (Å²) in [6.07, 6.45) is 2.17. The molecule has 0 aromatic carbocycles. The summed E-state index contributed by atoms with van der Waals surface area (Å²) in [5.74, 6) is 1.54. The van der Waals surface area contributed by atoms with Gasteiger partial charge in [0.25, 0.3) is 0 Å². The van der Waals surface area contributed by atoms with E-state index in [9.17, 15) is 5.11 Å². The van der Waals surface area contributed by atoms with Crippen molar-refractivity contribution < 1.29 is 5.11 Å². The summed E-state index contributed by atoms with van der Waals surface area (Å²) >= 11 is 0. The quantitative estimate of drug-likeness (QED) is 0.787. The second-order valence-electron chi connectivity index (χ2n) is 4.26. The second-order valence-corrected chi connectivity index (χ2v) is 4.26. The third-order valence-electron chi connectivity index (χ3n) is 2.32. The van der Waals surface area contributed by atoms with E-state index in [1.54, 1.807) is 0 Å². The number of aromatic hydroxyl groups is 1. The topological polar surface area (TPSA) is 72.0 Å². The van der Waals surface area contributed by atoms with E-state index in [4.69, 9.17) is 5.73 Å². The van der Waals surface area contributed by atoms with Crippen molar-refractivity contribution in [3.05, 3.63) is 17.7 Å².